The number of amides is 2. The number of amidine groups is 1. The minimum atomic E-state index is -5.11. The molecule has 16 heteroatoms. The van der Waals surface area contributed by atoms with Crippen molar-refractivity contribution in [3.8, 4) is 0 Å². The lowest BCUT2D eigenvalue weighted by molar-refractivity contribution is -0.143. The summed E-state index contributed by atoms with van der Waals surface area (Å²) in [5.41, 5.74) is -3.01. The van der Waals surface area contributed by atoms with Crippen LogP contribution in [0.2, 0.25) is 0 Å². The van der Waals surface area contributed by atoms with Gasteiger partial charge in [0.25, 0.3) is 5.91 Å². The van der Waals surface area contributed by atoms with Crippen LogP contribution in [0.5, 0.6) is 0 Å². The van der Waals surface area contributed by atoms with Crippen molar-refractivity contribution in [2.45, 2.75) is 63.7 Å². The number of nitrogens with one attached hydrogen (secondary N) is 1. The molecular formula is C31H31F6N5O4S. The molecule has 2 aromatic carbocycles. The third kappa shape index (κ3) is 7.43. The van der Waals surface area contributed by atoms with Crippen LogP contribution in [0.3, 0.4) is 0 Å². The second kappa shape index (κ2) is 12.5. The van der Waals surface area contributed by atoms with Gasteiger partial charge in [0.1, 0.15) is 5.60 Å². The van der Waals surface area contributed by atoms with Gasteiger partial charge in [-0.15, -0.1) is 0 Å². The average Bonchev–Trinajstić information content (AvgIpc) is 3.71. The first-order valence-electron chi connectivity index (χ1n) is 14.4. The number of benzene rings is 2. The van der Waals surface area contributed by atoms with Gasteiger partial charge in [-0.1, -0.05) is 12.1 Å². The van der Waals surface area contributed by atoms with Crippen LogP contribution >= 0.6 is 11.8 Å². The molecule has 2 unspecified atom stereocenters. The highest BCUT2D eigenvalue weighted by Crippen LogP contribution is 2.42. The number of aromatic nitrogens is 2. The zero-order chi connectivity index (χ0) is 34.5. The lowest BCUT2D eigenvalue weighted by atomic mass is 9.92. The number of thioether (sulfide) groups is 1. The monoisotopic (exact) mass is 683 g/mol. The highest BCUT2D eigenvalue weighted by atomic mass is 32.2. The van der Waals surface area contributed by atoms with E-state index in [2.05, 4.69) is 15.2 Å². The molecular weight excluding hydrogens is 652 g/mol. The van der Waals surface area contributed by atoms with E-state index in [4.69, 9.17) is 4.74 Å². The van der Waals surface area contributed by atoms with Gasteiger partial charge in [-0.05, 0) is 86.3 Å². The molecule has 47 heavy (non-hydrogen) atoms. The number of carbonyl (C=O) groups excluding carboxylic acids is 2. The fourth-order valence-electron chi connectivity index (χ4n) is 5.49. The van der Waals surface area contributed by atoms with Crippen LogP contribution in [0, 0.1) is 0 Å². The first-order valence-corrected chi connectivity index (χ1v) is 15.3. The third-order valence-electron chi connectivity index (χ3n) is 7.84. The molecule has 0 bridgehead atoms. The molecule has 2 aliphatic rings. The number of aliphatic hydroxyl groups is 1. The Bertz CT molecular complexity index is 1760. The minimum absolute atomic E-state index is 0.00317. The van der Waals surface area contributed by atoms with Gasteiger partial charge in [0, 0.05) is 19.0 Å². The number of nitrogens with zero attached hydrogens (tertiary/aromatic N) is 4. The first kappa shape index (κ1) is 34.3. The molecule has 2 N–H and O–H groups in total. The molecule has 0 saturated carbocycles. The molecule has 3 aromatic rings. The molecule has 0 spiro atoms. The lowest BCUT2D eigenvalue weighted by Gasteiger charge is -2.28. The molecule has 5 rings (SSSR count). The summed E-state index contributed by atoms with van der Waals surface area (Å²) in [4.78, 5) is 33.5. The Balaban J connectivity index is 1.50. The van der Waals surface area contributed by atoms with E-state index in [1.54, 1.807) is 50.9 Å². The van der Waals surface area contributed by atoms with E-state index in [-0.39, 0.29) is 34.9 Å². The molecule has 0 aliphatic carbocycles. The molecule has 2 atom stereocenters. The van der Waals surface area contributed by atoms with Crippen molar-refractivity contribution < 1.29 is 45.8 Å². The number of alkyl halides is 6. The number of H-pyrrole nitrogens is 1. The number of rotatable bonds is 5. The standard InChI is InChI=1S/C31H31F6N5O4S/c1-29(2,3)46-28(45)42-14-20(12-21(42)15-43)41(4)27-39-26(44)25(47-27)22(16-6-8-24-18(9-16)13-38-40-24)10-17-5-7-19(30(32,33)34)11-23(17)31(35,36)37/h5-9,11,13,20-21,43H,10,12,14-15H2,1-4H3,(H,38,40). The highest BCUT2D eigenvalue weighted by molar-refractivity contribution is 8.18. The molecule has 1 aromatic heterocycles. The summed E-state index contributed by atoms with van der Waals surface area (Å²) < 4.78 is 87.9. The second-order valence-electron chi connectivity index (χ2n) is 12.3. The van der Waals surface area contributed by atoms with Gasteiger partial charge in [-0.2, -0.15) is 36.4 Å². The Morgan fingerprint density at radius 3 is 2.47 bits per heavy atom. The van der Waals surface area contributed by atoms with Crippen LogP contribution in [-0.4, -0.2) is 80.2 Å². The van der Waals surface area contributed by atoms with Gasteiger partial charge in [0.15, 0.2) is 5.17 Å². The van der Waals surface area contributed by atoms with E-state index in [0.29, 0.717) is 29.0 Å². The normalized spacial score (nSPS) is 20.2. The SMILES string of the molecule is CN(C1=NC(=O)C(=C(Cc2ccc(C(F)(F)F)cc2C(F)(F)F)c2ccc3[nH]ncc3c2)S1)C1CC(CO)N(C(=O)OC(C)(C)C)C1. The number of halogens is 6. The summed E-state index contributed by atoms with van der Waals surface area (Å²) in [5, 5.41) is 17.5. The van der Waals surface area contributed by atoms with Crippen LogP contribution in [0.4, 0.5) is 31.1 Å². The number of hydrogen-bond donors (Lipinski definition) is 2. The number of allylic oxidation sites excluding steroid dienone is 1. The topological polar surface area (TPSA) is 111 Å². The van der Waals surface area contributed by atoms with Crippen molar-refractivity contribution in [2.75, 3.05) is 20.2 Å². The average molecular weight is 684 g/mol. The number of aliphatic imine (C=N–C) groups is 1. The molecule has 2 aliphatic heterocycles. The van der Waals surface area contributed by atoms with Crippen LogP contribution < -0.4 is 0 Å². The molecule has 1 fully saturated rings. The molecule has 252 valence electrons. The van der Waals surface area contributed by atoms with Crippen LogP contribution in [0.15, 0.2) is 52.5 Å². The summed E-state index contributed by atoms with van der Waals surface area (Å²) in [6, 6.07) is 5.31. The van der Waals surface area contributed by atoms with E-state index >= 15 is 0 Å². The zero-order valence-corrected chi connectivity index (χ0v) is 26.5. The maximum absolute atomic E-state index is 14.1. The van der Waals surface area contributed by atoms with Crippen molar-refractivity contribution in [2.24, 2.45) is 4.99 Å². The van der Waals surface area contributed by atoms with Crippen molar-refractivity contribution >= 4 is 45.4 Å². The van der Waals surface area contributed by atoms with Gasteiger partial charge in [-0.25, -0.2) is 4.79 Å². The van der Waals surface area contributed by atoms with Crippen LogP contribution in [0.1, 0.15) is 49.4 Å². The smallest absolute Gasteiger partial charge is 0.416 e. The van der Waals surface area contributed by atoms with E-state index in [9.17, 15) is 41.0 Å². The van der Waals surface area contributed by atoms with Crippen LogP contribution in [-0.2, 0) is 28.3 Å². The van der Waals surface area contributed by atoms with Crippen LogP contribution in [0.25, 0.3) is 16.5 Å². The lowest BCUT2D eigenvalue weighted by Crippen LogP contribution is -2.42. The fraction of sp³-hybridized carbons (Fsp3) is 0.419. The van der Waals surface area contributed by atoms with Gasteiger partial charge in [0.05, 0.1) is 46.4 Å². The van der Waals surface area contributed by atoms with E-state index in [1.165, 1.54) is 11.1 Å². The van der Waals surface area contributed by atoms with Crippen molar-refractivity contribution in [3.63, 3.8) is 0 Å². The Morgan fingerprint density at radius 1 is 1.11 bits per heavy atom. The number of ether oxygens (including phenoxy) is 1. The Kier molecular flexibility index (Phi) is 9.14. The Morgan fingerprint density at radius 2 is 1.83 bits per heavy atom. The summed E-state index contributed by atoms with van der Waals surface area (Å²) >= 11 is 0.917. The molecule has 9 nitrogen and oxygen atoms in total. The summed E-state index contributed by atoms with van der Waals surface area (Å²) in [6.07, 6.45) is -9.43. The maximum atomic E-state index is 14.1. The number of aliphatic hydroxyl groups excluding tert-OH is 1. The second-order valence-corrected chi connectivity index (χ2v) is 13.3. The van der Waals surface area contributed by atoms with Gasteiger partial charge < -0.3 is 19.6 Å². The molecule has 0 radical (unpaired) electrons. The number of aromatic amines is 1. The highest BCUT2D eigenvalue weighted by Gasteiger charge is 2.42. The molecule has 3 heterocycles. The number of carbonyl (C=O) groups is 2. The van der Waals surface area contributed by atoms with Crippen molar-refractivity contribution in [1.82, 2.24) is 20.0 Å². The Hall–Kier alpha value is -4.05. The summed E-state index contributed by atoms with van der Waals surface area (Å²) in [6.45, 7) is 4.96. The number of hydrogen-bond acceptors (Lipinski definition) is 7. The maximum Gasteiger partial charge on any atom is 0.416 e. The summed E-state index contributed by atoms with van der Waals surface area (Å²) in [7, 11) is 1.65. The summed E-state index contributed by atoms with van der Waals surface area (Å²) in [5.74, 6) is -0.736. The van der Waals surface area contributed by atoms with Crippen molar-refractivity contribution in [3.05, 3.63) is 69.8 Å². The quantitative estimate of drug-likeness (QED) is 0.234. The van der Waals surface area contributed by atoms with E-state index in [0.717, 1.165) is 17.8 Å². The Labute approximate surface area is 269 Å². The largest absolute Gasteiger partial charge is 0.444 e. The van der Waals surface area contributed by atoms with Gasteiger partial charge in [-0.3, -0.25) is 9.89 Å². The predicted molar refractivity (Wildman–Crippen MR) is 163 cm³/mol. The van der Waals surface area contributed by atoms with Crippen molar-refractivity contribution in [1.29, 1.82) is 0 Å². The van der Waals surface area contributed by atoms with E-state index in [1.807, 2.05) is 0 Å². The number of likely N-dealkylation sites (tertiary alicyclic amines) is 1. The predicted octanol–water partition coefficient (Wildman–Crippen LogP) is 6.49. The number of likely N-dealkylation sites (N-methyl/N-ethyl adjacent to an activating group) is 1. The van der Waals surface area contributed by atoms with E-state index < -0.39 is 65.1 Å². The fourth-order valence-corrected chi connectivity index (χ4v) is 6.54. The van der Waals surface area contributed by atoms with Gasteiger partial charge >= 0.3 is 18.4 Å². The van der Waals surface area contributed by atoms with Gasteiger partial charge in [0.2, 0.25) is 0 Å². The first-order chi connectivity index (χ1) is 21.9. The third-order valence-corrected chi connectivity index (χ3v) is 9.02. The molecule has 1 saturated heterocycles. The zero-order valence-electron chi connectivity index (χ0n) is 25.7. The number of fused-ring (bicyclic) bond motifs is 1. The molecule has 2 amide bonds. The minimum Gasteiger partial charge on any atom is -0.444 e.